The number of fused-ring (bicyclic) bond motifs is 1. The minimum Gasteiger partial charge on any atom is -0.497 e. The lowest BCUT2D eigenvalue weighted by Gasteiger charge is -2.07. The molecule has 23 heavy (non-hydrogen) atoms. The average Bonchev–Trinajstić information content (AvgIpc) is 2.60. The monoisotopic (exact) mass is 308 g/mol. The summed E-state index contributed by atoms with van der Waals surface area (Å²) in [5, 5.41) is 4.72. The predicted octanol–water partition coefficient (Wildman–Crippen LogP) is 2.39. The Bertz CT molecular complexity index is 914. The summed E-state index contributed by atoms with van der Waals surface area (Å²) in [6, 6.07) is 14.7. The van der Waals surface area contributed by atoms with Crippen molar-refractivity contribution < 1.29 is 4.74 Å². The van der Waals surface area contributed by atoms with Crippen LogP contribution in [0.4, 0.5) is 5.95 Å². The van der Waals surface area contributed by atoms with E-state index in [2.05, 4.69) is 15.5 Å². The second kappa shape index (κ2) is 6.31. The molecule has 0 radical (unpaired) electrons. The predicted molar refractivity (Wildman–Crippen MR) is 91.2 cm³/mol. The van der Waals surface area contributed by atoms with Crippen LogP contribution in [-0.4, -0.2) is 22.9 Å². The Morgan fingerprint density at radius 1 is 1.17 bits per heavy atom. The third kappa shape index (κ3) is 3.06. The van der Waals surface area contributed by atoms with Gasteiger partial charge >= 0.3 is 0 Å². The van der Waals surface area contributed by atoms with E-state index in [1.54, 1.807) is 32.5 Å². The van der Waals surface area contributed by atoms with Gasteiger partial charge < -0.3 is 4.74 Å². The summed E-state index contributed by atoms with van der Waals surface area (Å²) >= 11 is 0. The molecule has 0 bridgehead atoms. The number of para-hydroxylation sites is 1. The van der Waals surface area contributed by atoms with E-state index < -0.39 is 0 Å². The Morgan fingerprint density at radius 3 is 2.65 bits per heavy atom. The standard InChI is InChI=1S/C17H16N4O2/c1-21-16(22)14-5-3-4-6-15(14)19-17(21)20-18-11-12-7-9-13(23-2)10-8-12/h3-11H,1-2H3,(H,19,20)/b18-11+. The fourth-order valence-electron chi connectivity index (χ4n) is 2.17. The van der Waals surface area contributed by atoms with Crippen molar-refractivity contribution in [3.63, 3.8) is 0 Å². The second-order valence-electron chi connectivity index (χ2n) is 4.96. The quantitative estimate of drug-likeness (QED) is 0.593. The van der Waals surface area contributed by atoms with Gasteiger partial charge in [0.25, 0.3) is 5.56 Å². The highest BCUT2D eigenvalue weighted by Gasteiger charge is 2.06. The molecule has 0 aliphatic carbocycles. The van der Waals surface area contributed by atoms with E-state index in [-0.39, 0.29) is 5.56 Å². The van der Waals surface area contributed by atoms with Gasteiger partial charge in [-0.2, -0.15) is 5.10 Å². The summed E-state index contributed by atoms with van der Waals surface area (Å²) in [6.07, 6.45) is 1.65. The van der Waals surface area contributed by atoms with Crippen molar-refractivity contribution in [2.45, 2.75) is 0 Å². The first kappa shape index (κ1) is 14.8. The molecule has 0 saturated carbocycles. The van der Waals surface area contributed by atoms with E-state index in [4.69, 9.17) is 4.74 Å². The number of nitrogens with one attached hydrogen (secondary N) is 1. The largest absolute Gasteiger partial charge is 0.497 e. The first-order valence-corrected chi connectivity index (χ1v) is 7.08. The molecule has 116 valence electrons. The fourth-order valence-corrected chi connectivity index (χ4v) is 2.17. The Labute approximate surface area is 133 Å². The maximum absolute atomic E-state index is 12.3. The van der Waals surface area contributed by atoms with Crippen LogP contribution in [0.2, 0.25) is 0 Å². The molecule has 2 aromatic carbocycles. The Hall–Kier alpha value is -3.15. The minimum absolute atomic E-state index is 0.113. The van der Waals surface area contributed by atoms with Gasteiger partial charge in [-0.05, 0) is 42.0 Å². The molecule has 1 heterocycles. The van der Waals surface area contributed by atoms with E-state index >= 15 is 0 Å². The van der Waals surface area contributed by atoms with Gasteiger partial charge in [0.2, 0.25) is 5.95 Å². The van der Waals surface area contributed by atoms with Crippen LogP contribution >= 0.6 is 0 Å². The number of hydrazone groups is 1. The topological polar surface area (TPSA) is 68.5 Å². The fraction of sp³-hybridized carbons (Fsp3) is 0.118. The zero-order valence-electron chi connectivity index (χ0n) is 12.9. The van der Waals surface area contributed by atoms with E-state index in [1.165, 1.54) is 4.57 Å². The zero-order chi connectivity index (χ0) is 16.2. The highest BCUT2D eigenvalue weighted by Crippen LogP contribution is 2.11. The van der Waals surface area contributed by atoms with Gasteiger partial charge in [0.15, 0.2) is 0 Å². The van der Waals surface area contributed by atoms with Gasteiger partial charge in [-0.15, -0.1) is 0 Å². The lowest BCUT2D eigenvalue weighted by molar-refractivity contribution is 0.415. The van der Waals surface area contributed by atoms with Crippen molar-refractivity contribution in [2.75, 3.05) is 12.5 Å². The van der Waals surface area contributed by atoms with Crippen LogP contribution in [-0.2, 0) is 7.05 Å². The van der Waals surface area contributed by atoms with Crippen LogP contribution in [0.25, 0.3) is 10.9 Å². The van der Waals surface area contributed by atoms with Crippen LogP contribution in [0, 0.1) is 0 Å². The average molecular weight is 308 g/mol. The molecular formula is C17H16N4O2. The summed E-state index contributed by atoms with van der Waals surface area (Å²) in [5.74, 6) is 1.17. The van der Waals surface area contributed by atoms with E-state index in [0.29, 0.717) is 16.9 Å². The number of ether oxygens (including phenoxy) is 1. The molecule has 0 aliphatic heterocycles. The Kier molecular flexibility index (Phi) is 4.05. The van der Waals surface area contributed by atoms with Gasteiger partial charge in [-0.25, -0.2) is 10.4 Å². The molecule has 0 atom stereocenters. The van der Waals surface area contributed by atoms with Crippen LogP contribution in [0.15, 0.2) is 58.4 Å². The summed E-state index contributed by atoms with van der Waals surface area (Å²) in [4.78, 5) is 16.7. The summed E-state index contributed by atoms with van der Waals surface area (Å²) in [5.41, 5.74) is 4.24. The third-order valence-corrected chi connectivity index (χ3v) is 3.48. The highest BCUT2D eigenvalue weighted by molar-refractivity contribution is 5.81. The molecule has 1 N–H and O–H groups in total. The summed E-state index contributed by atoms with van der Waals surface area (Å²) in [6.45, 7) is 0. The molecule has 6 heteroatoms. The van der Waals surface area contributed by atoms with Crippen LogP contribution < -0.4 is 15.7 Å². The normalized spacial score (nSPS) is 11.0. The molecule has 0 fully saturated rings. The first-order chi connectivity index (χ1) is 11.2. The van der Waals surface area contributed by atoms with Gasteiger partial charge in [-0.3, -0.25) is 9.36 Å². The summed E-state index contributed by atoms with van der Waals surface area (Å²) in [7, 11) is 3.28. The maximum atomic E-state index is 12.3. The number of hydrogen-bond donors (Lipinski definition) is 1. The molecule has 3 aromatic rings. The molecule has 6 nitrogen and oxygen atoms in total. The molecule has 0 saturated heterocycles. The van der Waals surface area contributed by atoms with Gasteiger partial charge in [0.1, 0.15) is 5.75 Å². The van der Waals surface area contributed by atoms with Gasteiger partial charge in [0, 0.05) is 7.05 Å². The SMILES string of the molecule is COc1ccc(/C=N/Nc2nc3ccccc3c(=O)n2C)cc1. The van der Waals surface area contributed by atoms with Crippen molar-refractivity contribution in [3.8, 4) is 5.75 Å². The number of benzene rings is 2. The van der Waals surface area contributed by atoms with Crippen molar-refractivity contribution in [3.05, 3.63) is 64.4 Å². The molecule has 0 spiro atoms. The van der Waals surface area contributed by atoms with Crippen LogP contribution in [0.3, 0.4) is 0 Å². The van der Waals surface area contributed by atoms with Crippen molar-refractivity contribution in [2.24, 2.45) is 12.1 Å². The van der Waals surface area contributed by atoms with Crippen molar-refractivity contribution in [1.82, 2.24) is 9.55 Å². The summed E-state index contributed by atoms with van der Waals surface area (Å²) < 4.78 is 6.54. The second-order valence-corrected chi connectivity index (χ2v) is 4.96. The number of anilines is 1. The lowest BCUT2D eigenvalue weighted by atomic mass is 10.2. The van der Waals surface area contributed by atoms with Crippen LogP contribution in [0.5, 0.6) is 5.75 Å². The molecule has 0 unspecified atom stereocenters. The van der Waals surface area contributed by atoms with E-state index in [1.807, 2.05) is 36.4 Å². The molecular weight excluding hydrogens is 292 g/mol. The van der Waals surface area contributed by atoms with Crippen LogP contribution in [0.1, 0.15) is 5.56 Å². The third-order valence-electron chi connectivity index (χ3n) is 3.48. The smallest absolute Gasteiger partial charge is 0.262 e. The Morgan fingerprint density at radius 2 is 1.91 bits per heavy atom. The Balaban J connectivity index is 1.85. The highest BCUT2D eigenvalue weighted by atomic mass is 16.5. The van der Waals surface area contributed by atoms with Gasteiger partial charge in [0.05, 0.1) is 24.2 Å². The number of nitrogens with zero attached hydrogens (tertiary/aromatic N) is 3. The lowest BCUT2D eigenvalue weighted by Crippen LogP contribution is -2.21. The number of aromatic nitrogens is 2. The molecule has 0 aliphatic rings. The van der Waals surface area contributed by atoms with Crippen molar-refractivity contribution >= 4 is 23.1 Å². The molecule has 1 aromatic heterocycles. The molecule has 0 amide bonds. The van der Waals surface area contributed by atoms with E-state index in [0.717, 1.165) is 11.3 Å². The first-order valence-electron chi connectivity index (χ1n) is 7.08. The van der Waals surface area contributed by atoms with E-state index in [9.17, 15) is 4.79 Å². The number of hydrogen-bond acceptors (Lipinski definition) is 5. The van der Waals surface area contributed by atoms with Gasteiger partial charge in [-0.1, -0.05) is 12.1 Å². The number of rotatable bonds is 4. The minimum atomic E-state index is -0.113. The maximum Gasteiger partial charge on any atom is 0.262 e. The number of methoxy groups -OCH3 is 1. The zero-order valence-corrected chi connectivity index (χ0v) is 12.9. The molecule has 3 rings (SSSR count). The van der Waals surface area contributed by atoms with Crippen molar-refractivity contribution in [1.29, 1.82) is 0 Å².